The molecule has 0 bridgehead atoms. The average Bonchev–Trinajstić information content (AvgIpc) is 2.25. The predicted octanol–water partition coefficient (Wildman–Crippen LogP) is 0.819. The Morgan fingerprint density at radius 3 is 2.44 bits per heavy atom. The van der Waals surface area contributed by atoms with E-state index >= 15 is 0 Å². The van der Waals surface area contributed by atoms with Gasteiger partial charge in [0.15, 0.2) is 0 Å². The molecule has 0 radical (unpaired) electrons. The van der Waals surface area contributed by atoms with Crippen LogP contribution >= 0.6 is 0 Å². The van der Waals surface area contributed by atoms with E-state index in [-0.39, 0.29) is 11.3 Å². The van der Waals surface area contributed by atoms with Crippen molar-refractivity contribution in [2.45, 2.75) is 34.1 Å². The van der Waals surface area contributed by atoms with E-state index in [2.05, 4.69) is 37.9 Å². The highest BCUT2D eigenvalue weighted by molar-refractivity contribution is 5.77. The van der Waals surface area contributed by atoms with E-state index in [1.807, 2.05) is 0 Å². The molecule has 0 aromatic heterocycles. The van der Waals surface area contributed by atoms with E-state index in [1.54, 1.807) is 0 Å². The lowest BCUT2D eigenvalue weighted by molar-refractivity contribution is -0.122. The Kier molecular flexibility index (Phi) is 7.34. The van der Waals surface area contributed by atoms with Crippen molar-refractivity contribution < 1.29 is 4.79 Å². The summed E-state index contributed by atoms with van der Waals surface area (Å²) in [7, 11) is 0. The number of hydrogen-bond donors (Lipinski definition) is 2. The standard InChI is InChI=1S/C12H27N3O/c1-5-7-14-11(16)8-15(6-2)10-12(3,4)9-13/h5-10,13H2,1-4H3,(H,14,16). The highest BCUT2D eigenvalue weighted by Crippen LogP contribution is 2.14. The van der Waals surface area contributed by atoms with E-state index in [9.17, 15) is 4.79 Å². The van der Waals surface area contributed by atoms with Crippen molar-refractivity contribution in [2.75, 3.05) is 32.7 Å². The summed E-state index contributed by atoms with van der Waals surface area (Å²) >= 11 is 0. The maximum Gasteiger partial charge on any atom is 0.234 e. The molecule has 0 spiro atoms. The van der Waals surface area contributed by atoms with Crippen LogP contribution in [0.3, 0.4) is 0 Å². The van der Waals surface area contributed by atoms with Gasteiger partial charge in [-0.3, -0.25) is 9.69 Å². The van der Waals surface area contributed by atoms with Crippen LogP contribution in [-0.4, -0.2) is 43.5 Å². The fourth-order valence-electron chi connectivity index (χ4n) is 1.47. The van der Waals surface area contributed by atoms with E-state index < -0.39 is 0 Å². The maximum absolute atomic E-state index is 11.6. The lowest BCUT2D eigenvalue weighted by Crippen LogP contribution is -2.43. The van der Waals surface area contributed by atoms with Crippen molar-refractivity contribution in [1.29, 1.82) is 0 Å². The number of nitrogens with two attached hydrogens (primary N) is 1. The molecule has 0 aliphatic rings. The zero-order valence-electron chi connectivity index (χ0n) is 11.2. The SMILES string of the molecule is CCCNC(=O)CN(CC)CC(C)(C)CN. The molecule has 0 aromatic rings. The van der Waals surface area contributed by atoms with Gasteiger partial charge < -0.3 is 11.1 Å². The van der Waals surface area contributed by atoms with Crippen molar-refractivity contribution in [1.82, 2.24) is 10.2 Å². The summed E-state index contributed by atoms with van der Waals surface area (Å²) in [4.78, 5) is 13.7. The molecule has 4 heteroatoms. The molecular weight excluding hydrogens is 202 g/mol. The van der Waals surface area contributed by atoms with Gasteiger partial charge in [0.25, 0.3) is 0 Å². The molecule has 3 N–H and O–H groups in total. The average molecular weight is 229 g/mol. The minimum Gasteiger partial charge on any atom is -0.355 e. The van der Waals surface area contributed by atoms with Crippen LogP contribution in [0.25, 0.3) is 0 Å². The number of rotatable bonds is 8. The van der Waals surface area contributed by atoms with Gasteiger partial charge >= 0.3 is 0 Å². The number of carbonyl (C=O) groups excluding carboxylic acids is 1. The van der Waals surface area contributed by atoms with Gasteiger partial charge in [0.1, 0.15) is 0 Å². The molecule has 0 fully saturated rings. The van der Waals surface area contributed by atoms with Crippen LogP contribution in [0.2, 0.25) is 0 Å². The van der Waals surface area contributed by atoms with E-state index in [0.29, 0.717) is 13.1 Å². The first-order valence-electron chi connectivity index (χ1n) is 6.14. The van der Waals surface area contributed by atoms with E-state index in [4.69, 9.17) is 5.73 Å². The van der Waals surface area contributed by atoms with Gasteiger partial charge in [-0.05, 0) is 24.9 Å². The molecule has 0 saturated carbocycles. The molecule has 0 saturated heterocycles. The third-order valence-corrected chi connectivity index (χ3v) is 2.59. The van der Waals surface area contributed by atoms with Crippen LogP contribution < -0.4 is 11.1 Å². The topological polar surface area (TPSA) is 58.4 Å². The van der Waals surface area contributed by atoms with Crippen LogP contribution in [0.5, 0.6) is 0 Å². The van der Waals surface area contributed by atoms with E-state index in [1.165, 1.54) is 0 Å². The number of hydrogen-bond acceptors (Lipinski definition) is 3. The second-order valence-corrected chi connectivity index (χ2v) is 5.02. The summed E-state index contributed by atoms with van der Waals surface area (Å²) in [6.07, 6.45) is 0.978. The van der Waals surface area contributed by atoms with Gasteiger partial charge in [0.05, 0.1) is 6.54 Å². The Morgan fingerprint density at radius 2 is 2.00 bits per heavy atom. The normalized spacial score (nSPS) is 11.9. The molecule has 96 valence electrons. The van der Waals surface area contributed by atoms with Crippen LogP contribution in [0, 0.1) is 5.41 Å². The summed E-state index contributed by atoms with van der Waals surface area (Å²) in [6.45, 7) is 12.0. The molecule has 1 amide bonds. The number of nitrogens with one attached hydrogen (secondary N) is 1. The first kappa shape index (κ1) is 15.4. The fraction of sp³-hybridized carbons (Fsp3) is 0.917. The highest BCUT2D eigenvalue weighted by atomic mass is 16.2. The van der Waals surface area contributed by atoms with Crippen molar-refractivity contribution in [3.05, 3.63) is 0 Å². The third-order valence-electron chi connectivity index (χ3n) is 2.59. The number of likely N-dealkylation sites (N-methyl/N-ethyl adjacent to an activating group) is 1. The van der Waals surface area contributed by atoms with Crippen molar-refractivity contribution in [3.63, 3.8) is 0 Å². The minimum absolute atomic E-state index is 0.0705. The predicted molar refractivity (Wildman–Crippen MR) is 68.3 cm³/mol. The second-order valence-electron chi connectivity index (χ2n) is 5.02. The van der Waals surface area contributed by atoms with E-state index in [0.717, 1.165) is 26.1 Å². The summed E-state index contributed by atoms with van der Waals surface area (Å²) < 4.78 is 0. The molecule has 4 nitrogen and oxygen atoms in total. The Morgan fingerprint density at radius 1 is 1.38 bits per heavy atom. The summed E-state index contributed by atoms with van der Waals surface area (Å²) in [5, 5.41) is 2.89. The van der Waals surface area contributed by atoms with Gasteiger partial charge in [-0.1, -0.05) is 27.7 Å². The lowest BCUT2D eigenvalue weighted by atomic mass is 9.93. The van der Waals surface area contributed by atoms with Crippen LogP contribution in [0.4, 0.5) is 0 Å². The maximum atomic E-state index is 11.6. The van der Waals surface area contributed by atoms with Gasteiger partial charge in [-0.15, -0.1) is 0 Å². The summed E-state index contributed by atoms with van der Waals surface area (Å²) in [5.74, 6) is 0.108. The number of amides is 1. The second kappa shape index (κ2) is 7.63. The van der Waals surface area contributed by atoms with Gasteiger partial charge in [-0.2, -0.15) is 0 Å². The zero-order valence-corrected chi connectivity index (χ0v) is 11.2. The molecule has 0 unspecified atom stereocenters. The summed E-state index contributed by atoms with van der Waals surface area (Å²) in [5.41, 5.74) is 5.76. The molecule has 16 heavy (non-hydrogen) atoms. The minimum atomic E-state index is 0.0705. The third kappa shape index (κ3) is 6.80. The number of nitrogens with zero attached hydrogens (tertiary/aromatic N) is 1. The largest absolute Gasteiger partial charge is 0.355 e. The van der Waals surface area contributed by atoms with Crippen molar-refractivity contribution >= 4 is 5.91 Å². The first-order valence-corrected chi connectivity index (χ1v) is 6.14. The Bertz CT molecular complexity index is 204. The smallest absolute Gasteiger partial charge is 0.234 e. The van der Waals surface area contributed by atoms with Gasteiger partial charge in [0.2, 0.25) is 5.91 Å². The van der Waals surface area contributed by atoms with Gasteiger partial charge in [0, 0.05) is 13.1 Å². The molecule has 0 rings (SSSR count). The quantitative estimate of drug-likeness (QED) is 0.648. The Labute approximate surface area is 99.6 Å². The monoisotopic (exact) mass is 229 g/mol. The zero-order chi connectivity index (χ0) is 12.6. The lowest BCUT2D eigenvalue weighted by Gasteiger charge is -2.30. The fourth-order valence-corrected chi connectivity index (χ4v) is 1.47. The highest BCUT2D eigenvalue weighted by Gasteiger charge is 2.20. The van der Waals surface area contributed by atoms with Gasteiger partial charge in [-0.25, -0.2) is 0 Å². The summed E-state index contributed by atoms with van der Waals surface area (Å²) in [6, 6.07) is 0. The van der Waals surface area contributed by atoms with Crippen LogP contribution in [-0.2, 0) is 4.79 Å². The van der Waals surface area contributed by atoms with Crippen molar-refractivity contribution in [3.8, 4) is 0 Å². The van der Waals surface area contributed by atoms with Crippen LogP contribution in [0.1, 0.15) is 34.1 Å². The molecular formula is C12H27N3O. The molecule has 0 aromatic carbocycles. The molecule has 0 aliphatic carbocycles. The Hall–Kier alpha value is -0.610. The van der Waals surface area contributed by atoms with Crippen molar-refractivity contribution in [2.24, 2.45) is 11.1 Å². The molecule has 0 atom stereocenters. The Balaban J connectivity index is 4.05. The molecule has 0 heterocycles. The first-order chi connectivity index (χ1) is 7.45. The number of carbonyl (C=O) groups is 1. The molecule has 0 aliphatic heterocycles. The van der Waals surface area contributed by atoms with Crippen LogP contribution in [0.15, 0.2) is 0 Å².